The summed E-state index contributed by atoms with van der Waals surface area (Å²) in [5, 5.41) is 6.40. The first-order valence-electron chi connectivity index (χ1n) is 11.4. The van der Waals surface area contributed by atoms with E-state index in [1.54, 1.807) is 72.8 Å². The molecule has 0 heterocycles. The average molecular weight is 490 g/mol. The molecule has 36 heavy (non-hydrogen) atoms. The highest BCUT2D eigenvalue weighted by molar-refractivity contribution is 5.96. The second kappa shape index (κ2) is 13.3. The van der Waals surface area contributed by atoms with Gasteiger partial charge in [0.15, 0.2) is 0 Å². The normalized spacial score (nSPS) is 10.5. The molecule has 0 atom stereocenters. The van der Waals surface area contributed by atoms with E-state index in [-0.39, 0.29) is 12.5 Å². The minimum atomic E-state index is -0.487. The Morgan fingerprint density at radius 3 is 1.83 bits per heavy atom. The number of hydrogen-bond donors (Lipinski definition) is 2. The Hall–Kier alpha value is -4.66. The van der Waals surface area contributed by atoms with Crippen molar-refractivity contribution in [2.24, 2.45) is 5.10 Å². The van der Waals surface area contributed by atoms with Gasteiger partial charge in [-0.05, 0) is 92.2 Å². The Bertz CT molecular complexity index is 1190. The molecule has 0 aliphatic heterocycles. The Kier molecular flexibility index (Phi) is 9.58. The van der Waals surface area contributed by atoms with Crippen LogP contribution in [0.3, 0.4) is 0 Å². The average Bonchev–Trinajstić information content (AvgIpc) is 2.89. The first-order valence-corrected chi connectivity index (χ1v) is 11.4. The van der Waals surface area contributed by atoms with Crippen LogP contribution in [0, 0.1) is 0 Å². The fourth-order valence-electron chi connectivity index (χ4n) is 2.99. The number of nitrogens with one attached hydrogen (secondary N) is 2. The van der Waals surface area contributed by atoms with E-state index in [1.807, 2.05) is 13.8 Å². The van der Waals surface area contributed by atoms with Crippen molar-refractivity contribution >= 4 is 24.0 Å². The number of hydrogen-bond acceptors (Lipinski definition) is 7. The topological polar surface area (TPSA) is 115 Å². The Morgan fingerprint density at radius 2 is 1.28 bits per heavy atom. The van der Waals surface area contributed by atoms with Crippen LogP contribution >= 0.6 is 0 Å². The highest BCUT2D eigenvalue weighted by atomic mass is 16.5. The Balaban J connectivity index is 1.42. The molecule has 0 aromatic heterocycles. The van der Waals surface area contributed by atoms with Gasteiger partial charge in [0.2, 0.25) is 0 Å². The lowest BCUT2D eigenvalue weighted by atomic mass is 10.2. The number of carbonyl (C=O) groups is 3. The van der Waals surface area contributed by atoms with Crippen LogP contribution in [0.25, 0.3) is 0 Å². The fraction of sp³-hybridized carbons (Fsp3) is 0.185. The zero-order valence-electron chi connectivity index (χ0n) is 20.0. The molecular formula is C27H27N3O6. The molecule has 0 bridgehead atoms. The lowest BCUT2D eigenvalue weighted by molar-refractivity contribution is -0.120. The molecule has 0 saturated carbocycles. The summed E-state index contributed by atoms with van der Waals surface area (Å²) in [5.41, 5.74) is 3.84. The van der Waals surface area contributed by atoms with E-state index in [0.717, 1.165) is 0 Å². The van der Waals surface area contributed by atoms with Gasteiger partial charge in [0, 0.05) is 5.56 Å². The van der Waals surface area contributed by atoms with Gasteiger partial charge in [0.05, 0.1) is 31.5 Å². The van der Waals surface area contributed by atoms with Gasteiger partial charge in [-0.1, -0.05) is 0 Å². The minimum absolute atomic E-state index is 0.232. The molecule has 3 aromatic carbocycles. The van der Waals surface area contributed by atoms with Gasteiger partial charge in [-0.2, -0.15) is 5.10 Å². The zero-order chi connectivity index (χ0) is 25.8. The van der Waals surface area contributed by atoms with Crippen LogP contribution in [0.15, 0.2) is 77.9 Å². The van der Waals surface area contributed by atoms with Gasteiger partial charge in [0.25, 0.3) is 11.8 Å². The Morgan fingerprint density at radius 1 is 0.750 bits per heavy atom. The molecule has 0 aliphatic carbocycles. The third-order valence-electron chi connectivity index (χ3n) is 4.73. The van der Waals surface area contributed by atoms with Crippen molar-refractivity contribution in [3.8, 4) is 17.2 Å². The summed E-state index contributed by atoms with van der Waals surface area (Å²) in [7, 11) is 0. The molecule has 2 N–H and O–H groups in total. The lowest BCUT2D eigenvalue weighted by Crippen LogP contribution is -2.34. The van der Waals surface area contributed by atoms with Crippen LogP contribution in [0.4, 0.5) is 0 Å². The van der Waals surface area contributed by atoms with Crippen LogP contribution in [-0.4, -0.2) is 43.8 Å². The highest BCUT2D eigenvalue weighted by Crippen LogP contribution is 2.16. The van der Waals surface area contributed by atoms with Crippen LogP contribution in [0.1, 0.15) is 40.1 Å². The van der Waals surface area contributed by atoms with Crippen molar-refractivity contribution in [1.29, 1.82) is 0 Å². The summed E-state index contributed by atoms with van der Waals surface area (Å²) in [6.07, 6.45) is 1.43. The van der Waals surface area contributed by atoms with Gasteiger partial charge in [-0.15, -0.1) is 0 Å². The predicted octanol–water partition coefficient (Wildman–Crippen LogP) is 3.58. The van der Waals surface area contributed by atoms with E-state index < -0.39 is 11.9 Å². The molecule has 3 rings (SSSR count). The molecule has 186 valence electrons. The first kappa shape index (κ1) is 26.0. The zero-order valence-corrected chi connectivity index (χ0v) is 20.0. The largest absolute Gasteiger partial charge is 0.494 e. The molecule has 0 fully saturated rings. The van der Waals surface area contributed by atoms with E-state index in [4.69, 9.17) is 14.2 Å². The quantitative estimate of drug-likeness (QED) is 0.184. The smallest absolute Gasteiger partial charge is 0.343 e. The Labute approximate surface area is 209 Å². The molecule has 0 unspecified atom stereocenters. The number of amides is 2. The molecule has 0 saturated heterocycles. The summed E-state index contributed by atoms with van der Waals surface area (Å²) in [5.74, 6) is 0.366. The molecular weight excluding hydrogens is 462 g/mol. The fourth-order valence-corrected chi connectivity index (χ4v) is 2.99. The number of benzene rings is 3. The van der Waals surface area contributed by atoms with Crippen molar-refractivity contribution in [3.63, 3.8) is 0 Å². The van der Waals surface area contributed by atoms with Gasteiger partial charge < -0.3 is 19.5 Å². The van der Waals surface area contributed by atoms with Gasteiger partial charge in [-0.25, -0.2) is 10.2 Å². The van der Waals surface area contributed by atoms with Gasteiger partial charge >= 0.3 is 5.97 Å². The number of esters is 1. The van der Waals surface area contributed by atoms with Crippen LogP contribution in [0.5, 0.6) is 17.2 Å². The number of ether oxygens (including phenoxy) is 3. The molecule has 0 spiro atoms. The third-order valence-corrected chi connectivity index (χ3v) is 4.73. The predicted molar refractivity (Wildman–Crippen MR) is 135 cm³/mol. The van der Waals surface area contributed by atoms with Gasteiger partial charge in [0.1, 0.15) is 17.2 Å². The van der Waals surface area contributed by atoms with Crippen LogP contribution in [-0.2, 0) is 4.79 Å². The third kappa shape index (κ3) is 7.98. The summed E-state index contributed by atoms with van der Waals surface area (Å²) < 4.78 is 16.1. The van der Waals surface area contributed by atoms with E-state index in [0.29, 0.717) is 47.2 Å². The van der Waals surface area contributed by atoms with Crippen molar-refractivity contribution in [2.45, 2.75) is 13.8 Å². The van der Waals surface area contributed by atoms with E-state index in [9.17, 15) is 14.4 Å². The molecule has 0 radical (unpaired) electrons. The molecule has 2 amide bonds. The second-order valence-electron chi connectivity index (χ2n) is 7.35. The molecule has 9 nitrogen and oxygen atoms in total. The number of rotatable bonds is 11. The van der Waals surface area contributed by atoms with Crippen molar-refractivity contribution < 1.29 is 28.6 Å². The standard InChI is InChI=1S/C27H27N3O6/c1-3-34-22-13-7-20(8-14-22)26(32)28-18-25(31)30-29-17-19-5-11-24(12-6-19)36-27(33)21-9-15-23(16-10-21)35-4-2/h5-17H,3-4,18H2,1-2H3,(H,28,32)(H,30,31)/b29-17-. The SMILES string of the molecule is CCOc1ccc(C(=O)NCC(=O)N/N=C\c2ccc(OC(=O)c3ccc(OCC)cc3)cc2)cc1. The maximum absolute atomic E-state index is 12.3. The van der Waals surface area contributed by atoms with Crippen molar-refractivity contribution in [2.75, 3.05) is 19.8 Å². The minimum Gasteiger partial charge on any atom is -0.494 e. The van der Waals surface area contributed by atoms with E-state index in [2.05, 4.69) is 15.8 Å². The molecule has 9 heteroatoms. The summed E-state index contributed by atoms with van der Waals surface area (Å²) in [4.78, 5) is 36.4. The summed E-state index contributed by atoms with van der Waals surface area (Å²) in [6, 6.07) is 19.9. The monoisotopic (exact) mass is 489 g/mol. The van der Waals surface area contributed by atoms with Crippen molar-refractivity contribution in [3.05, 3.63) is 89.5 Å². The number of hydrazone groups is 1. The maximum atomic E-state index is 12.3. The summed E-state index contributed by atoms with van der Waals surface area (Å²) >= 11 is 0. The second-order valence-corrected chi connectivity index (χ2v) is 7.35. The lowest BCUT2D eigenvalue weighted by Gasteiger charge is -2.06. The number of nitrogens with zero attached hydrogens (tertiary/aromatic N) is 1. The molecule has 3 aromatic rings. The van der Waals surface area contributed by atoms with Crippen molar-refractivity contribution in [1.82, 2.24) is 10.7 Å². The highest BCUT2D eigenvalue weighted by Gasteiger charge is 2.09. The summed E-state index contributed by atoms with van der Waals surface area (Å²) in [6.45, 7) is 4.61. The first-order chi connectivity index (χ1) is 17.5. The van der Waals surface area contributed by atoms with Crippen LogP contribution < -0.4 is 25.0 Å². The number of carbonyl (C=O) groups excluding carboxylic acids is 3. The maximum Gasteiger partial charge on any atom is 0.343 e. The van der Waals surface area contributed by atoms with Gasteiger partial charge in [-0.3, -0.25) is 9.59 Å². The van der Waals surface area contributed by atoms with E-state index >= 15 is 0 Å². The molecule has 0 aliphatic rings. The van der Waals surface area contributed by atoms with Crippen LogP contribution in [0.2, 0.25) is 0 Å². The van der Waals surface area contributed by atoms with E-state index in [1.165, 1.54) is 6.21 Å².